The van der Waals surface area contributed by atoms with Gasteiger partial charge in [0, 0.05) is 12.1 Å². The Balaban J connectivity index is 2.74. The van der Waals surface area contributed by atoms with Crippen LogP contribution < -0.4 is 4.74 Å². The topological polar surface area (TPSA) is 47.7 Å². The van der Waals surface area contributed by atoms with Crippen molar-refractivity contribution in [2.45, 2.75) is 0 Å². The van der Waals surface area contributed by atoms with E-state index in [4.69, 9.17) is 11.2 Å². The highest BCUT2D eigenvalue weighted by molar-refractivity contribution is 5.35. The molecule has 1 aromatic carbocycles. The minimum Gasteiger partial charge on any atom is -0.594 e. The van der Waals surface area contributed by atoms with Gasteiger partial charge < -0.3 is 9.94 Å². The Morgan fingerprint density at radius 3 is 2.64 bits per heavy atom. The highest BCUT2D eigenvalue weighted by Crippen LogP contribution is 2.17. The summed E-state index contributed by atoms with van der Waals surface area (Å²) in [4.78, 5) is 0.533. The van der Waals surface area contributed by atoms with Gasteiger partial charge >= 0.3 is 0 Å². The molecule has 0 saturated carbocycles. The van der Waals surface area contributed by atoms with Crippen LogP contribution in [0.2, 0.25) is 0 Å². The fourth-order valence-corrected chi connectivity index (χ4v) is 0.910. The number of ether oxygens (including phenoxy) is 1. The van der Waals surface area contributed by atoms with E-state index in [1.165, 1.54) is 7.05 Å². The van der Waals surface area contributed by atoms with Crippen LogP contribution in [0.25, 0.3) is 0 Å². The number of terminal acetylenes is 1. The average molecular weight is 190 g/mol. The van der Waals surface area contributed by atoms with Crippen molar-refractivity contribution in [1.82, 2.24) is 0 Å². The second-order valence-electron chi connectivity index (χ2n) is 2.46. The van der Waals surface area contributed by atoms with Crippen molar-refractivity contribution in [3.63, 3.8) is 0 Å². The van der Waals surface area contributed by atoms with E-state index in [-0.39, 0.29) is 6.61 Å². The molecule has 14 heavy (non-hydrogen) atoms. The maximum absolute atomic E-state index is 11.0. The van der Waals surface area contributed by atoms with Crippen molar-refractivity contribution < 1.29 is 9.60 Å². The van der Waals surface area contributed by atoms with Gasteiger partial charge in [-0.15, -0.1) is 6.42 Å². The van der Waals surface area contributed by atoms with Crippen LogP contribution in [0.15, 0.2) is 29.4 Å². The lowest BCUT2D eigenvalue weighted by molar-refractivity contribution is -0.439. The van der Waals surface area contributed by atoms with E-state index in [9.17, 15) is 5.21 Å². The molecule has 0 atom stereocenters. The van der Waals surface area contributed by atoms with E-state index in [1.54, 1.807) is 24.3 Å². The van der Waals surface area contributed by atoms with Crippen molar-refractivity contribution >= 4 is 5.69 Å². The number of hydrogen-bond donors (Lipinski definition) is 0. The van der Waals surface area contributed by atoms with Gasteiger partial charge in [-0.3, -0.25) is 0 Å². The molecule has 4 heteroatoms. The van der Waals surface area contributed by atoms with E-state index < -0.39 is 0 Å². The van der Waals surface area contributed by atoms with E-state index in [1.807, 2.05) is 0 Å². The molecule has 0 amide bonds. The first-order chi connectivity index (χ1) is 6.77. The minimum atomic E-state index is 0.221. The van der Waals surface area contributed by atoms with Gasteiger partial charge in [0.25, 0.3) is 0 Å². The summed E-state index contributed by atoms with van der Waals surface area (Å²) in [5.41, 5.74) is 0.459. The second kappa shape index (κ2) is 4.87. The van der Waals surface area contributed by atoms with Gasteiger partial charge in [-0.25, -0.2) is 0 Å². The first kappa shape index (κ1) is 10.1. The van der Waals surface area contributed by atoms with E-state index in [0.717, 1.165) is 0 Å². The summed E-state index contributed by atoms with van der Waals surface area (Å²) in [6, 6.07) is 6.57. The molecule has 0 radical (unpaired) electrons. The van der Waals surface area contributed by atoms with Crippen LogP contribution in [0, 0.1) is 17.6 Å². The normalized spacial score (nSPS) is 10.7. The molecule has 1 aromatic rings. The fraction of sp³-hybridized carbons (Fsp3) is 0.200. The van der Waals surface area contributed by atoms with Crippen molar-refractivity contribution in [3.05, 3.63) is 29.5 Å². The van der Waals surface area contributed by atoms with Crippen molar-refractivity contribution in [1.29, 1.82) is 0 Å². The zero-order chi connectivity index (χ0) is 10.4. The van der Waals surface area contributed by atoms with Crippen molar-refractivity contribution in [3.8, 4) is 18.1 Å². The average Bonchev–Trinajstić information content (AvgIpc) is 2.26. The molecule has 4 nitrogen and oxygen atoms in total. The summed E-state index contributed by atoms with van der Waals surface area (Å²) in [5, 5.41) is 14.5. The Morgan fingerprint density at radius 2 is 2.14 bits per heavy atom. The molecule has 0 bridgehead atoms. The van der Waals surface area contributed by atoms with Gasteiger partial charge in [0.1, 0.15) is 12.4 Å². The summed E-state index contributed by atoms with van der Waals surface area (Å²) in [6.07, 6.45) is 5.03. The maximum atomic E-state index is 11.0. The molecule has 0 aliphatic rings. The molecule has 72 valence electrons. The van der Waals surface area contributed by atoms with E-state index in [0.29, 0.717) is 16.3 Å². The standard InChI is InChI=1S/C10H10N2O2/c1-3-8-14-10-6-4-9(5-7-10)12(13)11-2/h1,4-7H,8H2,2H3. The third-order valence-corrected chi connectivity index (χ3v) is 1.56. The first-order valence-electron chi connectivity index (χ1n) is 4.01. The highest BCUT2D eigenvalue weighted by atomic mass is 16.5. The van der Waals surface area contributed by atoms with Gasteiger partial charge in [0.05, 0.1) is 7.05 Å². The van der Waals surface area contributed by atoms with Crippen LogP contribution in [0.5, 0.6) is 5.75 Å². The van der Waals surface area contributed by atoms with E-state index >= 15 is 0 Å². The summed E-state index contributed by atoms with van der Waals surface area (Å²) < 4.78 is 5.14. The number of azo groups is 1. The molecule has 1 rings (SSSR count). The maximum Gasteiger partial charge on any atom is 0.244 e. The summed E-state index contributed by atoms with van der Waals surface area (Å²) in [5.74, 6) is 2.99. The van der Waals surface area contributed by atoms with Crippen LogP contribution in [-0.4, -0.2) is 18.5 Å². The molecular formula is C10H10N2O2. The highest BCUT2D eigenvalue weighted by Gasteiger charge is 2.01. The predicted octanol–water partition coefficient (Wildman–Crippen LogP) is 1.92. The smallest absolute Gasteiger partial charge is 0.244 e. The Bertz CT molecular complexity index is 363. The molecule has 0 aromatic heterocycles. The monoisotopic (exact) mass is 190 g/mol. The van der Waals surface area contributed by atoms with Gasteiger partial charge in [-0.1, -0.05) is 10.8 Å². The number of nitrogens with zero attached hydrogens (tertiary/aromatic N) is 2. The minimum absolute atomic E-state index is 0.221. The zero-order valence-electron chi connectivity index (χ0n) is 7.80. The zero-order valence-corrected chi connectivity index (χ0v) is 7.80. The summed E-state index contributed by atoms with van der Waals surface area (Å²) >= 11 is 0. The van der Waals surface area contributed by atoms with E-state index in [2.05, 4.69) is 11.0 Å². The molecular weight excluding hydrogens is 180 g/mol. The summed E-state index contributed by atoms with van der Waals surface area (Å²) in [6.45, 7) is 0.221. The van der Waals surface area contributed by atoms with Gasteiger partial charge in [-0.2, -0.15) is 0 Å². The van der Waals surface area contributed by atoms with Gasteiger partial charge in [-0.05, 0) is 17.2 Å². The van der Waals surface area contributed by atoms with Crippen LogP contribution in [-0.2, 0) is 0 Å². The Kier molecular flexibility index (Phi) is 3.50. The molecule has 0 N–H and O–H groups in total. The quantitative estimate of drug-likeness (QED) is 0.316. The van der Waals surface area contributed by atoms with Crippen molar-refractivity contribution in [2.75, 3.05) is 13.7 Å². The molecule has 0 spiro atoms. The largest absolute Gasteiger partial charge is 0.594 e. The molecule has 0 fully saturated rings. The molecule has 0 unspecified atom stereocenters. The summed E-state index contributed by atoms with van der Waals surface area (Å²) in [7, 11) is 1.43. The van der Waals surface area contributed by atoms with Crippen LogP contribution >= 0.6 is 0 Å². The predicted molar refractivity (Wildman–Crippen MR) is 52.4 cm³/mol. The van der Waals surface area contributed by atoms with Gasteiger partial charge in [0.15, 0.2) is 0 Å². The lowest BCUT2D eigenvalue weighted by atomic mass is 10.3. The number of benzene rings is 1. The van der Waals surface area contributed by atoms with Crippen LogP contribution in [0.1, 0.15) is 0 Å². The third kappa shape index (κ3) is 2.49. The molecule has 0 aliphatic carbocycles. The third-order valence-electron chi connectivity index (χ3n) is 1.56. The Labute approximate surface area is 82.4 Å². The fourth-order valence-electron chi connectivity index (χ4n) is 0.910. The Hall–Kier alpha value is -2.02. The Morgan fingerprint density at radius 1 is 1.50 bits per heavy atom. The van der Waals surface area contributed by atoms with Crippen molar-refractivity contribution in [2.24, 2.45) is 5.11 Å². The van der Waals surface area contributed by atoms with Gasteiger partial charge in [0.2, 0.25) is 5.69 Å². The molecule has 0 aliphatic heterocycles. The van der Waals surface area contributed by atoms with Crippen LogP contribution in [0.3, 0.4) is 0 Å². The second-order valence-corrected chi connectivity index (χ2v) is 2.46. The van der Waals surface area contributed by atoms with Crippen LogP contribution in [0.4, 0.5) is 5.69 Å². The molecule has 0 saturated heterocycles. The first-order valence-corrected chi connectivity index (χ1v) is 4.01. The lowest BCUT2D eigenvalue weighted by Gasteiger charge is -2.02. The SMILES string of the molecule is C#CCOc1ccc([N+]([O-])=NC)cc1. The number of hydrogen-bond acceptors (Lipinski definition) is 3. The number of rotatable bonds is 3. The lowest BCUT2D eigenvalue weighted by Crippen LogP contribution is -1.94. The molecule has 0 heterocycles.